The summed E-state index contributed by atoms with van der Waals surface area (Å²) in [7, 11) is 1.97. The summed E-state index contributed by atoms with van der Waals surface area (Å²) < 4.78 is 83.0. The first-order chi connectivity index (χ1) is 48.4. The van der Waals surface area contributed by atoms with E-state index < -0.39 is 55.1 Å². The molecule has 0 aliphatic carbocycles. The number of aromatic carboxylic acids is 2. The van der Waals surface area contributed by atoms with Gasteiger partial charge in [0.2, 0.25) is 28.7 Å². The van der Waals surface area contributed by atoms with Crippen LogP contribution in [-0.4, -0.2) is 169 Å². The van der Waals surface area contributed by atoms with Crippen LogP contribution in [0.3, 0.4) is 0 Å². The number of rotatable bonds is 9. The summed E-state index contributed by atoms with van der Waals surface area (Å²) in [6.07, 6.45) is 0. The molecular weight excluding hydrogens is 1380 g/mol. The van der Waals surface area contributed by atoms with Crippen LogP contribution < -0.4 is 29.6 Å². The number of fused-ring (bicyclic) bond motifs is 4. The van der Waals surface area contributed by atoms with Gasteiger partial charge in [0.25, 0.3) is 7.98 Å². The van der Waals surface area contributed by atoms with Crippen LogP contribution in [0.1, 0.15) is 86.0 Å². The molecule has 0 radical (unpaired) electrons. The number of H-pyrrole nitrogens is 4. The first kappa shape index (κ1) is 81.7. The van der Waals surface area contributed by atoms with E-state index in [9.17, 15) is 71.8 Å². The molecule has 0 atom stereocenters. The number of phenolic OH excluding ortho intramolecular Hbond substituents is 4. The Kier molecular flexibility index (Phi) is 28.6. The summed E-state index contributed by atoms with van der Waals surface area (Å²) in [6, 6.07) is 13.7. The molecule has 530 valence electrons. The summed E-state index contributed by atoms with van der Waals surface area (Å²) in [6.45, 7) is 38.0. The Morgan fingerprint density at radius 3 is 0.971 bits per heavy atom. The predicted molar refractivity (Wildman–Crippen MR) is 369 cm³/mol. The molecule has 0 fully saturated rings. The maximum atomic E-state index is 14.3. The number of carboxylic acid groups (broad SMARTS) is 2. The Hall–Kier alpha value is -13.0. The van der Waals surface area contributed by atoms with Gasteiger partial charge in [0, 0.05) is 108 Å². The summed E-state index contributed by atoms with van der Waals surface area (Å²) in [4.78, 5) is 79.8. The predicted octanol–water partition coefficient (Wildman–Crippen LogP) is 9.80. The molecule has 12 N–H and O–H groups in total. The number of aromatic hydroxyl groups is 4. The third-order valence-corrected chi connectivity index (χ3v) is 14.2. The first-order valence-electron chi connectivity index (χ1n) is 29.3. The molecule has 30 nitrogen and oxygen atoms in total. The van der Waals surface area contributed by atoms with Crippen molar-refractivity contribution in [2.24, 2.45) is 0 Å². The normalized spacial score (nSPS) is 10.2. The number of hydrogen-bond acceptors (Lipinski definition) is 19. The minimum absolute atomic E-state index is 0. The fourth-order valence-electron chi connectivity index (χ4n) is 9.99. The van der Waals surface area contributed by atoms with E-state index in [4.69, 9.17) is 38.7 Å². The van der Waals surface area contributed by atoms with Gasteiger partial charge in [-0.3, -0.25) is 29.6 Å². The van der Waals surface area contributed by atoms with Crippen molar-refractivity contribution in [1.82, 2.24) is 65.6 Å². The van der Waals surface area contributed by atoms with E-state index in [0.717, 1.165) is 24.3 Å². The van der Waals surface area contributed by atoms with Crippen molar-refractivity contribution < 1.29 is 117 Å². The van der Waals surface area contributed by atoms with Gasteiger partial charge in [-0.15, -0.1) is 0 Å². The second-order valence-electron chi connectivity index (χ2n) is 20.6. The molecule has 0 spiro atoms. The Balaban J connectivity index is 0.000000353. The van der Waals surface area contributed by atoms with Gasteiger partial charge in [0.1, 0.15) is 46.3 Å². The number of aromatic nitrogens is 12. The summed E-state index contributed by atoms with van der Waals surface area (Å²) >= 11 is 0. The minimum Gasteiger partial charge on any atom is -0.870 e. The number of nitrogens with one attached hydrogen (secondary N) is 4. The third kappa shape index (κ3) is 16.9. The number of aromatic amines is 4. The monoisotopic (exact) mass is 1440 g/mol. The fraction of sp³-hybridized carbons (Fsp3) is 0.164. The third-order valence-electron chi connectivity index (χ3n) is 14.2. The second kappa shape index (κ2) is 36.4. The molecule has 0 saturated heterocycles. The zero-order valence-corrected chi connectivity index (χ0v) is 56.5. The zero-order chi connectivity index (χ0) is 75.5. The Bertz CT molecular complexity index is 5360. The van der Waals surface area contributed by atoms with E-state index >= 15 is 0 Å². The maximum absolute atomic E-state index is 14.3. The van der Waals surface area contributed by atoms with Crippen molar-refractivity contribution >= 4 is 98.7 Å². The van der Waals surface area contributed by atoms with E-state index in [1.165, 1.54) is 53.4 Å². The van der Waals surface area contributed by atoms with E-state index in [1.807, 2.05) is 0 Å². The van der Waals surface area contributed by atoms with Crippen LogP contribution >= 0.6 is 0 Å². The molecule has 0 saturated carbocycles. The van der Waals surface area contributed by atoms with Gasteiger partial charge in [-0.25, -0.2) is 71.3 Å². The number of esters is 1. The van der Waals surface area contributed by atoms with Gasteiger partial charge < -0.3 is 50.8 Å². The summed E-state index contributed by atoms with van der Waals surface area (Å²) in [5.41, 5.74) is 0.967. The number of amides is 1. The van der Waals surface area contributed by atoms with Crippen LogP contribution in [-0.2, 0) is 4.74 Å². The SMILES string of the molecule is C.C.CF.[2H]B([3H])O.[C-]#[N+]c1c(-c2ccc(O)cc2F)nc2n[nH]c(C)c2c1C(=O)N(C)C.[C-]#[N+]c1c(-c2ccc(O)cc2F)nc2n[nH]c(C)c2c1C(=O)O.[C-]#[N+]c1c(-c2ccc(O)cc2F)nc2n[nH]c(C)c2c1C(=O)O.[C-]#[N+]c1c(-c2ccc(O)cc2F)nc2n[nH]c(C)c2c1C(=O)OCC.[Na+].[OH-]. The van der Waals surface area contributed by atoms with Crippen molar-refractivity contribution in [3.05, 3.63) is 187 Å². The minimum atomic E-state index is -1.67. The number of carbonyl (C=O) groups excluding carboxylic acids is 2. The molecular formula is C67H60BF5N17NaO13. The average molecular weight is 1440 g/mol. The van der Waals surface area contributed by atoms with Crippen LogP contribution in [0.25, 0.3) is 109 Å². The quantitative estimate of drug-likeness (QED) is 0.0277. The summed E-state index contributed by atoms with van der Waals surface area (Å²) in [5.74, 6) is -7.96. The van der Waals surface area contributed by atoms with Gasteiger partial charge in [0.15, 0.2) is 22.6 Å². The number of carboxylic acids is 2. The van der Waals surface area contributed by atoms with Gasteiger partial charge in [0.05, 0.1) is 85.1 Å². The molecule has 12 rings (SSSR count). The van der Waals surface area contributed by atoms with Crippen molar-refractivity contribution in [3.8, 4) is 68.0 Å². The van der Waals surface area contributed by atoms with E-state index in [0.29, 0.717) is 40.7 Å². The molecule has 0 unspecified atom stereocenters. The van der Waals surface area contributed by atoms with Crippen molar-refractivity contribution in [1.29, 1.82) is 2.67 Å². The molecule has 0 bridgehead atoms. The van der Waals surface area contributed by atoms with E-state index in [1.54, 1.807) is 48.7 Å². The van der Waals surface area contributed by atoms with Crippen LogP contribution in [0.15, 0.2) is 72.8 Å². The van der Waals surface area contributed by atoms with Gasteiger partial charge in [-0.2, -0.15) is 20.4 Å². The van der Waals surface area contributed by atoms with Crippen LogP contribution in [0.5, 0.6) is 23.0 Å². The van der Waals surface area contributed by atoms with Crippen molar-refractivity contribution in [2.45, 2.75) is 49.5 Å². The fourth-order valence-corrected chi connectivity index (χ4v) is 9.99. The van der Waals surface area contributed by atoms with E-state index in [-0.39, 0.29) is 203 Å². The average Bonchev–Trinajstić information content (AvgIpc) is 1.46. The molecule has 4 aromatic carbocycles. The molecule has 0 aliphatic heterocycles. The number of benzene rings is 4. The molecule has 37 heteroatoms. The van der Waals surface area contributed by atoms with Crippen LogP contribution in [0.4, 0.5) is 44.7 Å². The number of hydrogen-bond donors (Lipinski definition) is 11. The van der Waals surface area contributed by atoms with E-state index in [2.05, 4.69) is 80.1 Å². The second-order valence-corrected chi connectivity index (χ2v) is 20.6. The first-order valence-corrected chi connectivity index (χ1v) is 28.2. The van der Waals surface area contributed by atoms with Gasteiger partial charge >= 0.3 is 47.5 Å². The molecule has 104 heavy (non-hydrogen) atoms. The number of halogens is 5. The Morgan fingerprint density at radius 1 is 0.519 bits per heavy atom. The maximum Gasteiger partial charge on any atom is 1.00 e. The zero-order valence-electron chi connectivity index (χ0n) is 56.5. The number of alkyl halides is 1. The number of nitrogens with zero attached hydrogens (tertiary/aromatic N) is 13. The van der Waals surface area contributed by atoms with Crippen molar-refractivity contribution in [2.75, 3.05) is 27.9 Å². The topological polar surface area (TPSA) is 436 Å². The Labute approximate surface area is 612 Å². The molecule has 12 aromatic rings. The van der Waals surface area contributed by atoms with Crippen LogP contribution in [0, 0.1) is 77.3 Å². The molecule has 0 aliphatic rings. The Morgan fingerprint density at radius 2 is 0.750 bits per heavy atom. The number of pyridine rings is 4. The largest absolute Gasteiger partial charge is 1.00 e. The smallest absolute Gasteiger partial charge is 0.870 e. The summed E-state index contributed by atoms with van der Waals surface area (Å²) in [5, 5.41) is 91.5. The van der Waals surface area contributed by atoms with Crippen LogP contribution in [0.2, 0.25) is 0 Å². The standard InChI is InChI=1S/C17H14FN5O2.C17H13FN4O3.2C15H9FN4O3.CH3F.2CH4.BH3O.Na.H2O/c1-8-12-13(17(25)23(3)4)15(19-2)14(20-16(12)22-21-8)10-6-5-9(24)7-11(10)18;1-4-25-17(24)13-12-8(2)21-22-16(12)20-14(15(13)19-3)10-6-5-9(23)7-11(10)18;2*1-6-10-11(15(22)23)13(17-2)12(18-14(10)20-19-6)8-4-3-7(21)5-9(8)16;1-2;;;1-2;;/h5-7,24H,1,3-4H3,(H,20,21,22);5-7,23H,4H2,1-2H3,(H,20,21,22);2*3-5,21H,1H3,(H,22,23)(H,18,19,20);1H3;2*1H4;2H,1H2;;1H2/q;;;;;;;;+1;/p-1/i;;;;;;;1TD;;. The molecule has 8 aromatic heterocycles. The van der Waals surface area contributed by atoms with Gasteiger partial charge in [-0.05, 0) is 83.1 Å². The molecule has 8 heterocycles. The number of carbonyl (C=O) groups is 4. The van der Waals surface area contributed by atoms with Gasteiger partial charge in [-0.1, -0.05) is 14.9 Å². The number of aryl methyl sites for hydroxylation is 4. The molecule has 1 amide bonds. The number of ether oxygens (including phenoxy) is 1. The number of phenols is 4. The van der Waals surface area contributed by atoms with Crippen molar-refractivity contribution in [3.63, 3.8) is 0 Å².